The number of nitrogens with one attached hydrogen (secondary N) is 1. The number of hydrogen-bond acceptors (Lipinski definition) is 5. The van der Waals surface area contributed by atoms with Crippen LogP contribution in [0.4, 0.5) is 4.79 Å². The highest BCUT2D eigenvalue weighted by molar-refractivity contribution is 5.84. The SMILES string of the molecule is CC(C(=O)O)N(C)C(=O)CN1CCC(NC(=O)OCC2c3ccccc3-c3ccccc32)CC1. The molecule has 8 heteroatoms. The van der Waals surface area contributed by atoms with Crippen LogP contribution in [0.25, 0.3) is 11.1 Å². The molecule has 1 atom stereocenters. The minimum absolute atomic E-state index is 0.0160. The van der Waals surface area contributed by atoms with E-state index >= 15 is 0 Å². The molecule has 2 aliphatic rings. The molecule has 2 amide bonds. The van der Waals surface area contributed by atoms with E-state index in [2.05, 4.69) is 29.6 Å². The van der Waals surface area contributed by atoms with Gasteiger partial charge in [0.25, 0.3) is 0 Å². The second-order valence-electron chi connectivity index (χ2n) is 9.04. The van der Waals surface area contributed by atoms with Gasteiger partial charge in [-0.1, -0.05) is 48.5 Å². The zero-order chi connectivity index (χ0) is 24.2. The number of rotatable bonds is 7. The lowest BCUT2D eigenvalue weighted by Crippen LogP contribution is -2.49. The fraction of sp³-hybridized carbons (Fsp3) is 0.423. The molecule has 1 saturated heterocycles. The third-order valence-corrected chi connectivity index (χ3v) is 6.94. The van der Waals surface area contributed by atoms with Gasteiger partial charge in [-0.2, -0.15) is 0 Å². The lowest BCUT2D eigenvalue weighted by Gasteiger charge is -2.33. The number of carboxylic acids is 1. The number of ether oxygens (including phenoxy) is 1. The van der Waals surface area contributed by atoms with Crippen LogP contribution in [0.5, 0.6) is 0 Å². The highest BCUT2D eigenvalue weighted by atomic mass is 16.5. The molecule has 1 aliphatic carbocycles. The third-order valence-electron chi connectivity index (χ3n) is 6.94. The van der Waals surface area contributed by atoms with Gasteiger partial charge in [0.05, 0.1) is 6.54 Å². The number of carbonyl (C=O) groups excluding carboxylic acids is 2. The number of piperidine rings is 1. The van der Waals surface area contributed by atoms with E-state index in [1.807, 2.05) is 29.2 Å². The molecule has 1 unspecified atom stereocenters. The third kappa shape index (κ3) is 5.07. The fourth-order valence-corrected chi connectivity index (χ4v) is 4.73. The van der Waals surface area contributed by atoms with Gasteiger partial charge in [-0.25, -0.2) is 9.59 Å². The van der Waals surface area contributed by atoms with Crippen molar-refractivity contribution in [2.45, 2.75) is 37.8 Å². The van der Waals surface area contributed by atoms with Gasteiger partial charge in [0.15, 0.2) is 0 Å². The summed E-state index contributed by atoms with van der Waals surface area (Å²) in [4.78, 5) is 39.2. The summed E-state index contributed by atoms with van der Waals surface area (Å²) in [7, 11) is 1.51. The fourth-order valence-electron chi connectivity index (χ4n) is 4.73. The Morgan fingerprint density at radius 3 is 2.18 bits per heavy atom. The largest absolute Gasteiger partial charge is 0.480 e. The lowest BCUT2D eigenvalue weighted by molar-refractivity contribution is -0.148. The van der Waals surface area contributed by atoms with Gasteiger partial charge < -0.3 is 20.1 Å². The summed E-state index contributed by atoms with van der Waals surface area (Å²) >= 11 is 0. The van der Waals surface area contributed by atoms with Crippen LogP contribution < -0.4 is 5.32 Å². The summed E-state index contributed by atoms with van der Waals surface area (Å²) in [5.41, 5.74) is 4.74. The molecular weight excluding hydrogens is 434 g/mol. The van der Waals surface area contributed by atoms with Crippen molar-refractivity contribution >= 4 is 18.0 Å². The number of aliphatic carboxylic acids is 1. The number of likely N-dealkylation sites (tertiary alicyclic amines) is 1. The molecular formula is C26H31N3O5. The van der Waals surface area contributed by atoms with Gasteiger partial charge in [0.2, 0.25) is 5.91 Å². The molecule has 180 valence electrons. The molecule has 0 spiro atoms. The number of nitrogens with zero attached hydrogens (tertiary/aromatic N) is 2. The standard InChI is InChI=1S/C26H31N3O5/c1-17(25(31)32)28(2)24(30)15-29-13-11-18(12-14-29)27-26(33)34-16-23-21-9-5-3-7-19(21)20-8-4-6-10-22(20)23/h3-10,17-18,23H,11-16H2,1-2H3,(H,27,33)(H,31,32). The van der Waals surface area contributed by atoms with Crippen molar-refractivity contribution < 1.29 is 24.2 Å². The van der Waals surface area contributed by atoms with Gasteiger partial charge >= 0.3 is 12.1 Å². The van der Waals surface area contributed by atoms with Crippen LogP contribution in [0.1, 0.15) is 36.8 Å². The van der Waals surface area contributed by atoms with E-state index in [1.165, 1.54) is 41.1 Å². The van der Waals surface area contributed by atoms with E-state index in [9.17, 15) is 14.4 Å². The average molecular weight is 466 g/mol. The molecule has 4 rings (SSSR count). The molecule has 1 heterocycles. The number of alkyl carbamates (subject to hydrolysis) is 1. The van der Waals surface area contributed by atoms with E-state index < -0.39 is 18.1 Å². The van der Waals surface area contributed by atoms with Crippen molar-refractivity contribution in [3.63, 3.8) is 0 Å². The maximum Gasteiger partial charge on any atom is 0.407 e. The Bertz CT molecular complexity index is 1020. The first kappa shape index (κ1) is 23.8. The van der Waals surface area contributed by atoms with Gasteiger partial charge in [-0.05, 0) is 42.0 Å². The molecule has 1 fully saturated rings. The Labute approximate surface area is 199 Å². The summed E-state index contributed by atoms with van der Waals surface area (Å²) in [6.07, 6.45) is 0.983. The molecule has 0 aromatic heterocycles. The number of carbonyl (C=O) groups is 3. The lowest BCUT2D eigenvalue weighted by atomic mass is 9.98. The predicted octanol–water partition coefficient (Wildman–Crippen LogP) is 2.92. The number of benzene rings is 2. The number of carboxylic acid groups (broad SMARTS) is 1. The number of fused-ring (bicyclic) bond motifs is 3. The highest BCUT2D eigenvalue weighted by Gasteiger charge is 2.30. The molecule has 0 saturated carbocycles. The molecule has 1 aliphatic heterocycles. The zero-order valence-electron chi connectivity index (χ0n) is 19.6. The minimum atomic E-state index is -1.03. The van der Waals surface area contributed by atoms with Gasteiger partial charge in [0, 0.05) is 32.1 Å². The first-order chi connectivity index (χ1) is 16.3. The van der Waals surface area contributed by atoms with Crippen molar-refractivity contribution in [3.8, 4) is 11.1 Å². The summed E-state index contributed by atoms with van der Waals surface area (Å²) in [5, 5.41) is 12.0. The van der Waals surface area contributed by atoms with E-state index in [4.69, 9.17) is 9.84 Å². The van der Waals surface area contributed by atoms with Crippen molar-refractivity contribution in [1.29, 1.82) is 0 Å². The van der Waals surface area contributed by atoms with Gasteiger partial charge in [0.1, 0.15) is 12.6 Å². The summed E-state index contributed by atoms with van der Waals surface area (Å²) in [6, 6.07) is 15.6. The second kappa shape index (κ2) is 10.3. The maximum atomic E-state index is 12.5. The zero-order valence-corrected chi connectivity index (χ0v) is 19.6. The Hall–Kier alpha value is -3.39. The monoisotopic (exact) mass is 465 g/mol. The molecule has 0 radical (unpaired) electrons. The average Bonchev–Trinajstić information content (AvgIpc) is 3.16. The van der Waals surface area contributed by atoms with Crippen LogP contribution in [-0.2, 0) is 14.3 Å². The topological polar surface area (TPSA) is 99.2 Å². The van der Waals surface area contributed by atoms with Crippen LogP contribution in [0.2, 0.25) is 0 Å². The number of amides is 2. The van der Waals surface area contributed by atoms with Crippen molar-refractivity contribution in [1.82, 2.24) is 15.1 Å². The number of hydrogen-bond donors (Lipinski definition) is 2. The molecule has 2 N–H and O–H groups in total. The van der Waals surface area contributed by atoms with Gasteiger partial charge in [-0.15, -0.1) is 0 Å². The van der Waals surface area contributed by atoms with Crippen LogP contribution in [-0.4, -0.2) is 78.2 Å². The highest BCUT2D eigenvalue weighted by Crippen LogP contribution is 2.44. The Morgan fingerprint density at radius 2 is 1.62 bits per heavy atom. The first-order valence-electron chi connectivity index (χ1n) is 11.7. The molecule has 2 aromatic carbocycles. The van der Waals surface area contributed by atoms with E-state index in [1.54, 1.807) is 0 Å². The first-order valence-corrected chi connectivity index (χ1v) is 11.7. The molecule has 34 heavy (non-hydrogen) atoms. The maximum absolute atomic E-state index is 12.5. The summed E-state index contributed by atoms with van der Waals surface area (Å²) in [5.74, 6) is -1.23. The Balaban J connectivity index is 1.24. The minimum Gasteiger partial charge on any atom is -0.480 e. The normalized spacial score (nSPS) is 16.9. The van der Waals surface area contributed by atoms with Gasteiger partial charge in [-0.3, -0.25) is 9.69 Å². The quantitative estimate of drug-likeness (QED) is 0.652. The van der Waals surface area contributed by atoms with Crippen LogP contribution >= 0.6 is 0 Å². The van der Waals surface area contributed by atoms with Crippen LogP contribution in [0.15, 0.2) is 48.5 Å². The van der Waals surface area contributed by atoms with Crippen molar-refractivity contribution in [3.05, 3.63) is 59.7 Å². The van der Waals surface area contributed by atoms with E-state index in [-0.39, 0.29) is 31.0 Å². The van der Waals surface area contributed by atoms with E-state index in [0.29, 0.717) is 25.9 Å². The van der Waals surface area contributed by atoms with Crippen molar-refractivity contribution in [2.75, 3.05) is 33.3 Å². The summed E-state index contributed by atoms with van der Waals surface area (Å²) in [6.45, 7) is 3.24. The Morgan fingerprint density at radius 1 is 1.06 bits per heavy atom. The van der Waals surface area contributed by atoms with Crippen LogP contribution in [0.3, 0.4) is 0 Å². The predicted molar refractivity (Wildman–Crippen MR) is 128 cm³/mol. The van der Waals surface area contributed by atoms with Crippen molar-refractivity contribution in [2.24, 2.45) is 0 Å². The molecule has 0 bridgehead atoms. The smallest absolute Gasteiger partial charge is 0.407 e. The number of likely N-dealkylation sites (N-methyl/N-ethyl adjacent to an activating group) is 1. The Kier molecular flexibility index (Phi) is 7.17. The second-order valence-corrected chi connectivity index (χ2v) is 9.04. The summed E-state index contributed by atoms with van der Waals surface area (Å²) < 4.78 is 5.63. The molecule has 2 aromatic rings. The van der Waals surface area contributed by atoms with Crippen LogP contribution in [0, 0.1) is 0 Å². The van der Waals surface area contributed by atoms with E-state index in [0.717, 1.165) is 0 Å². The molecule has 8 nitrogen and oxygen atoms in total.